The zero-order chi connectivity index (χ0) is 21.0. The highest BCUT2D eigenvalue weighted by Gasteiger charge is 2.26. The number of rotatable bonds is 2. The van der Waals surface area contributed by atoms with Gasteiger partial charge in [0.15, 0.2) is 0 Å². The minimum absolute atomic E-state index is 0.0671. The maximum absolute atomic E-state index is 10.3. The van der Waals surface area contributed by atoms with Gasteiger partial charge in [-0.05, 0) is 53.8 Å². The highest BCUT2D eigenvalue weighted by atomic mass is 35.5. The van der Waals surface area contributed by atoms with Gasteiger partial charge in [-0.15, -0.1) is 0 Å². The van der Waals surface area contributed by atoms with Gasteiger partial charge in [-0.1, -0.05) is 65.7 Å². The highest BCUT2D eigenvalue weighted by molar-refractivity contribution is 6.42. The molecule has 6 heteroatoms. The van der Waals surface area contributed by atoms with E-state index in [0.29, 0.717) is 16.0 Å². The number of hydrogen-bond donors (Lipinski definition) is 3. The third kappa shape index (κ3) is 4.91. The summed E-state index contributed by atoms with van der Waals surface area (Å²) in [5.41, 5.74) is 9.92. The summed E-state index contributed by atoms with van der Waals surface area (Å²) in [7, 11) is 0. The average molecular weight is 430 g/mol. The topological polar surface area (TPSA) is 83.6 Å². The Kier molecular flexibility index (Phi) is 6.80. The molecule has 0 aromatic heterocycles. The number of phenols is 1. The van der Waals surface area contributed by atoms with Crippen LogP contribution in [-0.4, -0.2) is 16.2 Å². The van der Waals surface area contributed by atoms with Crippen molar-refractivity contribution in [1.29, 1.82) is 0 Å². The normalized spacial score (nSPS) is 17.6. The third-order valence-electron chi connectivity index (χ3n) is 5.02. The van der Waals surface area contributed by atoms with Crippen LogP contribution in [0, 0.1) is 0 Å². The molecule has 0 spiro atoms. The molecular weight excluding hydrogens is 409 g/mol. The average Bonchev–Trinajstić information content (AvgIpc) is 2.71. The van der Waals surface area contributed by atoms with E-state index < -0.39 is 5.97 Å². The lowest BCUT2D eigenvalue weighted by Crippen LogP contribution is -2.20. The van der Waals surface area contributed by atoms with Crippen molar-refractivity contribution in [2.75, 3.05) is 0 Å². The SMILES string of the molecule is N[C@H]1CC[C@@H](c2ccc(Cl)c(Cl)c2)c2ccccc21.O=C(O)c1ccccc1O. The van der Waals surface area contributed by atoms with Gasteiger partial charge in [0.05, 0.1) is 10.0 Å². The lowest BCUT2D eigenvalue weighted by atomic mass is 9.77. The number of fused-ring (bicyclic) bond motifs is 1. The Balaban J connectivity index is 0.000000204. The van der Waals surface area contributed by atoms with E-state index in [1.165, 1.54) is 28.8 Å². The van der Waals surface area contributed by atoms with Crippen molar-refractivity contribution in [2.24, 2.45) is 5.73 Å². The Bertz CT molecular complexity index is 1020. The molecule has 0 bridgehead atoms. The number of halogens is 2. The molecule has 0 fully saturated rings. The molecule has 3 aromatic rings. The van der Waals surface area contributed by atoms with Gasteiger partial charge in [0.1, 0.15) is 11.3 Å². The predicted octanol–water partition coefficient (Wildman–Crippen LogP) is 6.01. The van der Waals surface area contributed by atoms with E-state index in [0.717, 1.165) is 12.8 Å². The Hall–Kier alpha value is -2.53. The summed E-state index contributed by atoms with van der Waals surface area (Å²) in [4.78, 5) is 10.3. The van der Waals surface area contributed by atoms with Gasteiger partial charge in [-0.2, -0.15) is 0 Å². The highest BCUT2D eigenvalue weighted by Crippen LogP contribution is 2.41. The van der Waals surface area contributed by atoms with Crippen molar-refractivity contribution in [3.8, 4) is 5.75 Å². The summed E-state index contributed by atoms with van der Waals surface area (Å²) in [6.45, 7) is 0. The summed E-state index contributed by atoms with van der Waals surface area (Å²) < 4.78 is 0. The van der Waals surface area contributed by atoms with Gasteiger partial charge in [0.2, 0.25) is 0 Å². The van der Waals surface area contributed by atoms with Crippen LogP contribution in [-0.2, 0) is 0 Å². The zero-order valence-electron chi connectivity index (χ0n) is 15.6. The molecular formula is C23H21Cl2NO3. The molecule has 150 valence electrons. The Morgan fingerprint density at radius 2 is 1.55 bits per heavy atom. The van der Waals surface area contributed by atoms with Crippen LogP contribution in [0.4, 0.5) is 0 Å². The van der Waals surface area contributed by atoms with Gasteiger partial charge >= 0.3 is 5.97 Å². The van der Waals surface area contributed by atoms with E-state index in [9.17, 15) is 4.79 Å². The standard InChI is InChI=1S/C16H15Cl2N.C7H6O3/c17-14-7-5-10(9-15(14)18)11-6-8-16(19)13-4-2-1-3-12(11)13;8-6-4-2-1-3-5(6)7(9)10/h1-5,7,9,11,16H,6,8,19H2;1-4,8H,(H,9,10)/t11-,16-;/m0./s1. The number of carboxylic acid groups (broad SMARTS) is 1. The maximum atomic E-state index is 10.3. The maximum Gasteiger partial charge on any atom is 0.339 e. The fourth-order valence-corrected chi connectivity index (χ4v) is 3.86. The minimum atomic E-state index is -1.11. The second-order valence-corrected chi connectivity index (χ2v) is 7.68. The molecule has 3 aromatic carbocycles. The van der Waals surface area contributed by atoms with Crippen molar-refractivity contribution in [1.82, 2.24) is 0 Å². The van der Waals surface area contributed by atoms with Crippen LogP contribution in [0.1, 0.15) is 51.8 Å². The van der Waals surface area contributed by atoms with Crippen molar-refractivity contribution < 1.29 is 15.0 Å². The number of aromatic carboxylic acids is 1. The van der Waals surface area contributed by atoms with Crippen molar-refractivity contribution in [2.45, 2.75) is 24.8 Å². The number of aromatic hydroxyl groups is 1. The molecule has 0 saturated heterocycles. The van der Waals surface area contributed by atoms with Gasteiger partial charge in [0.25, 0.3) is 0 Å². The number of nitrogens with two attached hydrogens (primary N) is 1. The molecule has 0 radical (unpaired) electrons. The van der Waals surface area contributed by atoms with Gasteiger partial charge < -0.3 is 15.9 Å². The molecule has 0 unspecified atom stereocenters. The van der Waals surface area contributed by atoms with Gasteiger partial charge in [-0.3, -0.25) is 0 Å². The Morgan fingerprint density at radius 1 is 0.897 bits per heavy atom. The second-order valence-electron chi connectivity index (χ2n) is 6.86. The molecule has 0 amide bonds. The Morgan fingerprint density at radius 3 is 2.17 bits per heavy atom. The fourth-order valence-electron chi connectivity index (χ4n) is 3.55. The van der Waals surface area contributed by atoms with E-state index in [1.807, 2.05) is 12.1 Å². The van der Waals surface area contributed by atoms with Crippen molar-refractivity contribution >= 4 is 29.2 Å². The lowest BCUT2D eigenvalue weighted by molar-refractivity contribution is 0.0693. The molecule has 1 aliphatic rings. The number of para-hydroxylation sites is 1. The summed E-state index contributed by atoms with van der Waals surface area (Å²) in [6.07, 6.45) is 2.05. The first kappa shape index (κ1) is 21.2. The molecule has 4 rings (SSSR count). The quantitative estimate of drug-likeness (QED) is 0.465. The first-order chi connectivity index (χ1) is 13.9. The monoisotopic (exact) mass is 429 g/mol. The predicted molar refractivity (Wildman–Crippen MR) is 116 cm³/mol. The van der Waals surface area contributed by atoms with Crippen LogP contribution in [0.2, 0.25) is 10.0 Å². The van der Waals surface area contributed by atoms with Crippen LogP contribution in [0.3, 0.4) is 0 Å². The van der Waals surface area contributed by atoms with E-state index >= 15 is 0 Å². The minimum Gasteiger partial charge on any atom is -0.507 e. The van der Waals surface area contributed by atoms with Crippen LogP contribution in [0.25, 0.3) is 0 Å². The third-order valence-corrected chi connectivity index (χ3v) is 5.76. The lowest BCUT2D eigenvalue weighted by Gasteiger charge is -2.30. The second kappa shape index (κ2) is 9.31. The molecule has 2 atom stereocenters. The molecule has 1 aliphatic carbocycles. The first-order valence-electron chi connectivity index (χ1n) is 9.19. The zero-order valence-corrected chi connectivity index (χ0v) is 17.1. The summed E-state index contributed by atoms with van der Waals surface area (Å²) in [5, 5.41) is 18.5. The van der Waals surface area contributed by atoms with Crippen LogP contribution < -0.4 is 5.73 Å². The van der Waals surface area contributed by atoms with Crippen LogP contribution >= 0.6 is 23.2 Å². The number of carbonyl (C=O) groups is 1. The first-order valence-corrected chi connectivity index (χ1v) is 9.94. The number of hydrogen-bond acceptors (Lipinski definition) is 3. The van der Waals surface area contributed by atoms with E-state index in [4.69, 9.17) is 39.1 Å². The van der Waals surface area contributed by atoms with E-state index in [1.54, 1.807) is 12.1 Å². The molecule has 0 heterocycles. The summed E-state index contributed by atoms with van der Waals surface area (Å²) in [5.74, 6) is -0.945. The van der Waals surface area contributed by atoms with Gasteiger partial charge in [0, 0.05) is 12.0 Å². The van der Waals surface area contributed by atoms with Crippen LogP contribution in [0.5, 0.6) is 5.75 Å². The molecule has 0 aliphatic heterocycles. The molecule has 0 saturated carbocycles. The van der Waals surface area contributed by atoms with Crippen molar-refractivity contribution in [3.05, 3.63) is 99.0 Å². The number of benzene rings is 3. The smallest absolute Gasteiger partial charge is 0.339 e. The van der Waals surface area contributed by atoms with E-state index in [2.05, 4.69) is 30.3 Å². The van der Waals surface area contributed by atoms with Gasteiger partial charge in [-0.25, -0.2) is 4.79 Å². The Labute approximate surface area is 179 Å². The summed E-state index contributed by atoms with van der Waals surface area (Å²) in [6, 6.07) is 20.3. The summed E-state index contributed by atoms with van der Waals surface area (Å²) >= 11 is 12.1. The van der Waals surface area contributed by atoms with Crippen molar-refractivity contribution in [3.63, 3.8) is 0 Å². The van der Waals surface area contributed by atoms with Crippen LogP contribution in [0.15, 0.2) is 66.7 Å². The molecule has 29 heavy (non-hydrogen) atoms. The largest absolute Gasteiger partial charge is 0.507 e. The van der Waals surface area contributed by atoms with E-state index in [-0.39, 0.29) is 17.4 Å². The fraction of sp³-hybridized carbons (Fsp3) is 0.174. The molecule has 4 N–H and O–H groups in total. The molecule has 4 nitrogen and oxygen atoms in total. The number of carboxylic acids is 1.